The molecule has 0 spiro atoms. The lowest BCUT2D eigenvalue weighted by Crippen LogP contribution is -2.37. The highest BCUT2D eigenvalue weighted by Gasteiger charge is 2.26. The third-order valence-electron chi connectivity index (χ3n) is 3.44. The number of anilines is 2. The van der Waals surface area contributed by atoms with Crippen LogP contribution < -0.4 is 16.0 Å². The number of nitrogens with one attached hydrogen (secondary N) is 3. The number of hydrogen-bond acceptors (Lipinski definition) is 9. The van der Waals surface area contributed by atoms with E-state index in [1.807, 2.05) is 5.32 Å². The Kier molecular flexibility index (Phi) is 6.68. The molecule has 0 fully saturated rings. The predicted molar refractivity (Wildman–Crippen MR) is 102 cm³/mol. The number of rotatable bonds is 7. The van der Waals surface area contributed by atoms with Crippen molar-refractivity contribution in [1.29, 1.82) is 0 Å². The van der Waals surface area contributed by atoms with Gasteiger partial charge in [0.05, 0.1) is 27.0 Å². The molecule has 0 aliphatic heterocycles. The van der Waals surface area contributed by atoms with Gasteiger partial charge in [-0.3, -0.25) is 40.5 Å². The van der Waals surface area contributed by atoms with Gasteiger partial charge in [0.1, 0.15) is 5.69 Å². The van der Waals surface area contributed by atoms with E-state index in [-0.39, 0.29) is 0 Å². The van der Waals surface area contributed by atoms with E-state index in [9.17, 15) is 39.9 Å². The summed E-state index contributed by atoms with van der Waals surface area (Å²) in [5.41, 5.74) is -2.41. The SMILES string of the molecule is O=C(NC(=O)/C(=C/Nc1ccccc1)[N+](=O)[O-])Nc1ccc([N+](=O)[O-])cc1[N+](=O)[O-]. The molecule has 154 valence electrons. The van der Waals surface area contributed by atoms with Gasteiger partial charge in [-0.05, 0) is 18.2 Å². The number of para-hydroxylation sites is 1. The van der Waals surface area contributed by atoms with Gasteiger partial charge in [-0.25, -0.2) is 4.79 Å². The number of hydrogen-bond donors (Lipinski definition) is 3. The van der Waals surface area contributed by atoms with Gasteiger partial charge in [0.15, 0.2) is 0 Å². The smallest absolute Gasteiger partial charge is 0.349 e. The van der Waals surface area contributed by atoms with E-state index in [0.29, 0.717) is 11.8 Å². The summed E-state index contributed by atoms with van der Waals surface area (Å²) in [6.07, 6.45) is 0.770. The molecule has 0 bridgehead atoms. The molecule has 0 atom stereocenters. The molecule has 0 heterocycles. The Morgan fingerprint density at radius 2 is 1.57 bits per heavy atom. The average Bonchev–Trinajstić information content (AvgIpc) is 2.68. The molecule has 3 amide bonds. The van der Waals surface area contributed by atoms with Crippen LogP contribution in [0, 0.1) is 30.3 Å². The van der Waals surface area contributed by atoms with Gasteiger partial charge in [-0.2, -0.15) is 0 Å². The van der Waals surface area contributed by atoms with Gasteiger partial charge in [0.25, 0.3) is 11.4 Å². The molecular formula is C16H12N6O8. The average molecular weight is 416 g/mol. The molecule has 30 heavy (non-hydrogen) atoms. The van der Waals surface area contributed by atoms with Crippen LogP contribution >= 0.6 is 0 Å². The monoisotopic (exact) mass is 416 g/mol. The largest absolute Gasteiger partial charge is 0.356 e. The third-order valence-corrected chi connectivity index (χ3v) is 3.44. The number of nitro benzene ring substituents is 2. The van der Waals surface area contributed by atoms with E-state index < -0.39 is 49.5 Å². The molecule has 0 saturated carbocycles. The molecule has 2 rings (SSSR count). The van der Waals surface area contributed by atoms with E-state index in [1.165, 1.54) is 0 Å². The molecule has 14 nitrogen and oxygen atoms in total. The first-order chi connectivity index (χ1) is 14.2. The topological polar surface area (TPSA) is 200 Å². The Morgan fingerprint density at radius 1 is 0.900 bits per heavy atom. The van der Waals surface area contributed by atoms with E-state index in [1.54, 1.807) is 35.6 Å². The van der Waals surface area contributed by atoms with Crippen molar-refractivity contribution >= 4 is 34.7 Å². The molecule has 0 saturated heterocycles. The molecule has 2 aromatic rings. The van der Waals surface area contributed by atoms with Gasteiger partial charge in [0, 0.05) is 11.8 Å². The maximum atomic E-state index is 12.0. The van der Waals surface area contributed by atoms with Gasteiger partial charge >= 0.3 is 17.6 Å². The fourth-order valence-corrected chi connectivity index (χ4v) is 2.10. The molecule has 0 aromatic heterocycles. The zero-order valence-corrected chi connectivity index (χ0v) is 14.8. The zero-order chi connectivity index (χ0) is 22.3. The summed E-state index contributed by atoms with van der Waals surface area (Å²) in [6, 6.07) is 9.24. The van der Waals surface area contributed by atoms with Gasteiger partial charge < -0.3 is 10.6 Å². The number of benzene rings is 2. The van der Waals surface area contributed by atoms with E-state index in [4.69, 9.17) is 0 Å². The van der Waals surface area contributed by atoms with Crippen molar-refractivity contribution in [3.8, 4) is 0 Å². The summed E-state index contributed by atoms with van der Waals surface area (Å²) < 4.78 is 0. The van der Waals surface area contributed by atoms with Gasteiger partial charge in [0.2, 0.25) is 0 Å². The van der Waals surface area contributed by atoms with Crippen LogP contribution in [0.25, 0.3) is 0 Å². The summed E-state index contributed by atoms with van der Waals surface area (Å²) in [5, 5.41) is 39.0. The molecule has 0 unspecified atom stereocenters. The van der Waals surface area contributed by atoms with Crippen LogP contribution in [-0.4, -0.2) is 26.7 Å². The van der Waals surface area contributed by atoms with Crippen LogP contribution in [0.15, 0.2) is 60.4 Å². The van der Waals surface area contributed by atoms with Crippen molar-refractivity contribution in [2.24, 2.45) is 0 Å². The highest BCUT2D eigenvalue weighted by molar-refractivity contribution is 6.07. The normalized spacial score (nSPS) is 10.6. The first-order valence-corrected chi connectivity index (χ1v) is 7.90. The van der Waals surface area contributed by atoms with E-state index in [0.717, 1.165) is 18.3 Å². The lowest BCUT2D eigenvalue weighted by atomic mass is 10.2. The minimum Gasteiger partial charge on any atom is -0.356 e. The number of nitrogens with zero attached hydrogens (tertiary/aromatic N) is 3. The summed E-state index contributed by atoms with van der Waals surface area (Å²) >= 11 is 0. The highest BCUT2D eigenvalue weighted by atomic mass is 16.6. The minimum absolute atomic E-state index is 0.440. The van der Waals surface area contributed by atoms with Crippen molar-refractivity contribution in [3.63, 3.8) is 0 Å². The fourth-order valence-electron chi connectivity index (χ4n) is 2.10. The van der Waals surface area contributed by atoms with Crippen molar-refractivity contribution < 1.29 is 24.4 Å². The summed E-state index contributed by atoms with van der Waals surface area (Å²) in [4.78, 5) is 54.0. The first kappa shape index (κ1) is 21.4. The second kappa shape index (κ2) is 9.36. The van der Waals surface area contributed by atoms with Crippen molar-refractivity contribution in [2.45, 2.75) is 0 Å². The van der Waals surface area contributed by atoms with Crippen molar-refractivity contribution in [3.05, 3.63) is 90.8 Å². The predicted octanol–water partition coefficient (Wildman–Crippen LogP) is 2.38. The molecule has 0 aliphatic rings. The molecule has 0 aliphatic carbocycles. The maximum absolute atomic E-state index is 12.0. The lowest BCUT2D eigenvalue weighted by molar-refractivity contribution is -0.419. The van der Waals surface area contributed by atoms with Crippen LogP contribution in [0.4, 0.5) is 27.5 Å². The number of amides is 3. The summed E-state index contributed by atoms with van der Waals surface area (Å²) in [6.45, 7) is 0. The van der Waals surface area contributed by atoms with E-state index in [2.05, 4.69) is 5.32 Å². The zero-order valence-electron chi connectivity index (χ0n) is 14.8. The second-order valence-corrected chi connectivity index (χ2v) is 5.42. The number of imide groups is 1. The molecule has 0 radical (unpaired) electrons. The van der Waals surface area contributed by atoms with Crippen molar-refractivity contribution in [2.75, 3.05) is 10.6 Å². The second-order valence-electron chi connectivity index (χ2n) is 5.42. The fraction of sp³-hybridized carbons (Fsp3) is 0. The van der Waals surface area contributed by atoms with Gasteiger partial charge in [-0.15, -0.1) is 0 Å². The Bertz CT molecular complexity index is 1050. The third kappa shape index (κ3) is 5.56. The number of carbonyl (C=O) groups is 2. The van der Waals surface area contributed by atoms with Crippen LogP contribution in [0.1, 0.15) is 0 Å². The standard InChI is InChI=1S/C16H12N6O8/c23-15(14(22(29)30)9-17-10-4-2-1-3-5-10)19-16(24)18-12-7-6-11(20(25)26)8-13(12)21(27)28/h1-9,17H,(H2,18,19,23,24)/b14-9-. The summed E-state index contributed by atoms with van der Waals surface area (Å²) in [7, 11) is 0. The van der Waals surface area contributed by atoms with E-state index >= 15 is 0 Å². The first-order valence-electron chi connectivity index (χ1n) is 7.90. The maximum Gasteiger partial charge on any atom is 0.349 e. The number of non-ortho nitro benzene ring substituents is 1. The Hall–Kier alpha value is -4.88. The van der Waals surface area contributed by atoms with Crippen molar-refractivity contribution in [1.82, 2.24) is 5.32 Å². The molecular weight excluding hydrogens is 404 g/mol. The minimum atomic E-state index is -1.40. The highest BCUT2D eigenvalue weighted by Crippen LogP contribution is 2.28. The number of carbonyl (C=O) groups excluding carboxylic acids is 2. The number of urea groups is 1. The van der Waals surface area contributed by atoms with Crippen LogP contribution in [0.2, 0.25) is 0 Å². The lowest BCUT2D eigenvalue weighted by Gasteiger charge is -2.07. The Balaban J connectivity index is 2.14. The summed E-state index contributed by atoms with van der Waals surface area (Å²) in [5.74, 6) is -1.40. The molecule has 14 heteroatoms. The Morgan fingerprint density at radius 3 is 2.13 bits per heavy atom. The Labute approximate surface area is 166 Å². The van der Waals surface area contributed by atoms with Gasteiger partial charge in [-0.1, -0.05) is 18.2 Å². The quantitative estimate of drug-likeness (QED) is 0.344. The van der Waals surface area contributed by atoms with Crippen LogP contribution in [0.3, 0.4) is 0 Å². The molecule has 2 aromatic carbocycles. The van der Waals surface area contributed by atoms with Crippen LogP contribution in [-0.2, 0) is 4.79 Å². The van der Waals surface area contributed by atoms with Crippen LogP contribution in [0.5, 0.6) is 0 Å². The molecule has 3 N–H and O–H groups in total. The number of nitro groups is 3.